The third kappa shape index (κ3) is 3.58. The van der Waals surface area contributed by atoms with Crippen LogP contribution in [0, 0.1) is 38.5 Å². The van der Waals surface area contributed by atoms with Crippen molar-refractivity contribution in [1.82, 2.24) is 15.0 Å². The summed E-state index contributed by atoms with van der Waals surface area (Å²) < 4.78 is 0. The van der Waals surface area contributed by atoms with Gasteiger partial charge in [0.1, 0.15) is 6.29 Å². The van der Waals surface area contributed by atoms with Crippen molar-refractivity contribution >= 4 is 58.9 Å². The molecule has 5 heterocycles. The first kappa shape index (κ1) is 26.6. The van der Waals surface area contributed by atoms with Crippen LogP contribution in [-0.4, -0.2) is 35.1 Å². The molecule has 0 saturated carbocycles. The number of Topliss-reactive ketones (excluding diaryl/α,β-unsaturated/α-hetero) is 1. The maximum atomic E-state index is 13.5. The number of carbonyl (C=O) groups is 2. The average molecular weight is 515 g/mol. The summed E-state index contributed by atoms with van der Waals surface area (Å²) in [5.41, 5.74) is 10.9. The molecule has 38 heavy (non-hydrogen) atoms. The Morgan fingerprint density at radius 1 is 0.842 bits per heavy atom. The van der Waals surface area contributed by atoms with Crippen LogP contribution in [0.5, 0.6) is 0 Å². The first-order chi connectivity index (χ1) is 17.7. The van der Waals surface area contributed by atoms with Crippen molar-refractivity contribution in [3.8, 4) is 0 Å². The Hall–Kier alpha value is -3.03. The molecule has 8 bridgehead atoms. The Morgan fingerprint density at radius 2 is 1.53 bits per heavy atom. The molecule has 0 unspecified atom stereocenters. The van der Waals surface area contributed by atoms with Crippen LogP contribution in [0.25, 0.3) is 29.1 Å². The Labute approximate surface area is 238 Å². The fourth-order valence-corrected chi connectivity index (χ4v) is 6.14. The second kappa shape index (κ2) is 9.31. The van der Waals surface area contributed by atoms with Gasteiger partial charge in [-0.05, 0) is 39.0 Å². The van der Waals surface area contributed by atoms with Crippen molar-refractivity contribution in [3.63, 3.8) is 0 Å². The fourth-order valence-electron chi connectivity index (χ4n) is 6.14. The summed E-state index contributed by atoms with van der Waals surface area (Å²) in [6.07, 6.45) is 7.60. The van der Waals surface area contributed by atoms with Gasteiger partial charge < -0.3 is 20.3 Å². The predicted molar refractivity (Wildman–Crippen MR) is 150 cm³/mol. The van der Waals surface area contributed by atoms with Gasteiger partial charge in [0.25, 0.3) is 0 Å². The molecule has 190 valence electrons. The van der Waals surface area contributed by atoms with Crippen molar-refractivity contribution < 1.29 is 9.59 Å². The van der Waals surface area contributed by atoms with E-state index in [1.165, 1.54) is 0 Å². The summed E-state index contributed by atoms with van der Waals surface area (Å²) in [7, 11) is 0. The van der Waals surface area contributed by atoms with Crippen LogP contribution in [0.2, 0.25) is 0 Å². The minimum absolute atomic E-state index is 0. The van der Waals surface area contributed by atoms with Crippen molar-refractivity contribution in [1.29, 1.82) is 0 Å². The first-order valence-corrected chi connectivity index (χ1v) is 13.0. The predicted octanol–water partition coefficient (Wildman–Crippen LogP) is 3.69. The molecule has 2 aliphatic heterocycles. The minimum atomic E-state index is -0.282. The second-order valence-electron chi connectivity index (χ2n) is 10.7. The van der Waals surface area contributed by atoms with Crippen molar-refractivity contribution in [2.45, 2.75) is 54.9 Å². The van der Waals surface area contributed by atoms with Gasteiger partial charge in [0, 0.05) is 17.0 Å². The molecule has 6 nitrogen and oxygen atoms in total. The monoisotopic (exact) mass is 514 g/mol. The summed E-state index contributed by atoms with van der Waals surface area (Å²) in [5.74, 6) is 0.0993. The van der Waals surface area contributed by atoms with Gasteiger partial charge in [-0.2, -0.15) is 11.4 Å². The summed E-state index contributed by atoms with van der Waals surface area (Å²) in [5, 5.41) is 6.73. The summed E-state index contributed by atoms with van der Waals surface area (Å²) in [6, 6.07) is 0. The molecule has 0 radical (unpaired) electrons. The minimum Gasteiger partial charge on any atom is -0.664 e. The van der Waals surface area contributed by atoms with Gasteiger partial charge >= 0.3 is 23.1 Å². The number of ketones is 1. The largest absolute Gasteiger partial charge is 2.00 e. The average Bonchev–Trinajstić information content (AvgIpc) is 3.58. The third-order valence-corrected chi connectivity index (χ3v) is 8.72. The van der Waals surface area contributed by atoms with Crippen molar-refractivity contribution in [3.05, 3.63) is 83.6 Å². The zero-order valence-corrected chi connectivity index (χ0v) is 24.5. The number of rotatable bonds is 2. The fraction of sp³-hybridized carbons (Fsp3) is 0.355. The van der Waals surface area contributed by atoms with Crippen LogP contribution < -0.4 is 25.7 Å². The molecule has 0 spiro atoms. The number of allylic oxidation sites excluding steroid dienone is 3. The number of aldehydes is 1. The Morgan fingerprint density at radius 3 is 2.21 bits per heavy atom. The number of aromatic nitrogens is 3. The van der Waals surface area contributed by atoms with Crippen LogP contribution in [0.15, 0.2) is 11.4 Å². The topological polar surface area (TPSA) is 90.5 Å². The molecule has 0 amide bonds. The molecule has 3 aliphatic rings. The van der Waals surface area contributed by atoms with Crippen LogP contribution in [0.4, 0.5) is 0 Å². The van der Waals surface area contributed by atoms with Crippen LogP contribution in [-0.2, 0) is 6.42 Å². The molecule has 7 heteroatoms. The second-order valence-corrected chi connectivity index (χ2v) is 10.7. The van der Waals surface area contributed by atoms with E-state index in [0.717, 1.165) is 85.3 Å². The van der Waals surface area contributed by atoms with E-state index in [1.54, 1.807) is 0 Å². The Kier molecular flexibility index (Phi) is 6.51. The number of carbonyl (C=O) groups excluding carboxylic acids is 2. The van der Waals surface area contributed by atoms with Gasteiger partial charge in [-0.1, -0.05) is 73.7 Å². The molecule has 3 atom stereocenters. The van der Waals surface area contributed by atoms with Crippen molar-refractivity contribution in [2.24, 2.45) is 17.8 Å². The van der Waals surface area contributed by atoms with E-state index in [1.807, 2.05) is 39.0 Å². The standard InChI is InChI=1S/C31H32N4O2.Mg/c1-8-19-15(4)23-10-26-20(12-36)16(5)22(33-26)9-21-13(2)14(3)29(34-21)27-18(7)31(37)28-17(6)24(35-30(27)28)11-25(19)32-23;/h9-14,18H,8H2,1-7H3,(H2-2,32,33,34,35,36,37);/q-2;+2/p-2/b21-9-;/t13-,14-,18+;/m0./s1. The van der Waals surface area contributed by atoms with Gasteiger partial charge in [0.05, 0.1) is 0 Å². The van der Waals surface area contributed by atoms with Gasteiger partial charge in [-0.15, -0.1) is 33.5 Å². The summed E-state index contributed by atoms with van der Waals surface area (Å²) >= 11 is 0. The van der Waals surface area contributed by atoms with E-state index >= 15 is 0 Å². The molecule has 1 fully saturated rings. The molecular weight excluding hydrogens is 485 g/mol. The summed E-state index contributed by atoms with van der Waals surface area (Å²) in [6.45, 7) is 14.4. The van der Waals surface area contributed by atoms with E-state index in [0.29, 0.717) is 11.3 Å². The van der Waals surface area contributed by atoms with Gasteiger partial charge in [0.2, 0.25) is 0 Å². The van der Waals surface area contributed by atoms with Crippen LogP contribution in [0.1, 0.15) is 93.4 Å². The molecule has 0 aromatic carbocycles. The zero-order chi connectivity index (χ0) is 26.3. The molecule has 0 N–H and O–H groups in total. The molecule has 1 aliphatic carbocycles. The maximum absolute atomic E-state index is 13.5. The van der Waals surface area contributed by atoms with Gasteiger partial charge in [-0.25, -0.2) is 0 Å². The Bertz CT molecular complexity index is 1710. The number of hydrogen-bond donors (Lipinski definition) is 0. The molecular formula is C31H30MgN4O2-2. The maximum Gasteiger partial charge on any atom is 2.00 e. The van der Waals surface area contributed by atoms with E-state index in [9.17, 15) is 9.59 Å². The van der Waals surface area contributed by atoms with E-state index < -0.39 is 0 Å². The number of nitrogens with zero attached hydrogens (tertiary/aromatic N) is 4. The van der Waals surface area contributed by atoms with E-state index in [2.05, 4.69) is 27.7 Å². The quantitative estimate of drug-likeness (QED) is 0.384. The van der Waals surface area contributed by atoms with E-state index in [4.69, 9.17) is 20.3 Å². The normalized spacial score (nSPS) is 26.6. The van der Waals surface area contributed by atoms with Crippen LogP contribution in [0.3, 0.4) is 0 Å². The van der Waals surface area contributed by atoms with Crippen LogP contribution >= 0.6 is 0 Å². The molecule has 3 aromatic rings. The molecule has 3 aromatic heterocycles. The first-order valence-electron chi connectivity index (χ1n) is 13.0. The number of hydrogen-bond acceptors (Lipinski definition) is 2. The van der Waals surface area contributed by atoms with Gasteiger partial charge in [-0.3, -0.25) is 9.59 Å². The summed E-state index contributed by atoms with van der Waals surface area (Å²) in [4.78, 5) is 40.4. The number of fused-ring (bicyclic) bond motifs is 7. The molecule has 1 saturated heterocycles. The Balaban J connectivity index is 0.00000294. The van der Waals surface area contributed by atoms with Gasteiger partial charge in [0.15, 0.2) is 5.78 Å². The zero-order valence-electron chi connectivity index (χ0n) is 23.1. The van der Waals surface area contributed by atoms with Crippen molar-refractivity contribution in [2.75, 3.05) is 0 Å². The third-order valence-electron chi connectivity index (χ3n) is 8.72. The van der Waals surface area contributed by atoms with E-state index in [-0.39, 0.29) is 46.6 Å². The SMILES string of the molecule is CCc1c(C)/c2[n-]/c1=C\c1[n-]c3c(c1C)C(=O)[C@H](C)/C3=C1/[N-]/C(=C\c3[n-]c(c(C=O)c3C)\C=2)[C@@H](C)[C@@H]1C.[Mg+2]. The smallest absolute Gasteiger partial charge is 0.664 e. The molecule has 6 rings (SSSR count).